The number of likely N-dealkylation sites (N-methyl/N-ethyl adjacent to an activating group) is 1. The minimum atomic E-state index is -4.50. The molecule has 0 saturated carbocycles. The van der Waals surface area contributed by atoms with Crippen LogP contribution in [0.15, 0.2) is 24.3 Å². The monoisotopic (exact) mass is 303 g/mol. The van der Waals surface area contributed by atoms with E-state index in [1.165, 1.54) is 23.1 Å². The number of halogens is 3. The second-order valence-electron chi connectivity index (χ2n) is 5.05. The Morgan fingerprint density at radius 1 is 1.24 bits per heavy atom. The van der Waals surface area contributed by atoms with Crippen LogP contribution in [0, 0.1) is 0 Å². The summed E-state index contributed by atoms with van der Waals surface area (Å²) in [5, 5.41) is 3.96. The molecule has 0 atom stereocenters. The molecule has 0 bridgehead atoms. The number of rotatable bonds is 2. The first kappa shape index (κ1) is 15.6. The van der Waals surface area contributed by atoms with Gasteiger partial charge in [-0.1, -0.05) is 12.1 Å². The highest BCUT2D eigenvalue weighted by molar-refractivity contribution is 5.89. The van der Waals surface area contributed by atoms with Crippen LogP contribution in [0.5, 0.6) is 0 Å². The normalized spacial score (nSPS) is 17.5. The average molecular weight is 303 g/mol. The fraction of sp³-hybridized carbons (Fsp3) is 0.462. The Labute approximate surface area is 120 Å². The number of nitrogens with zero attached hydrogens (tertiary/aromatic N) is 1. The molecular weight excluding hydrogens is 285 g/mol. The minimum Gasteiger partial charge on any atom is -0.335 e. The number of nitrogens with one attached hydrogen (secondary N) is 3. The van der Waals surface area contributed by atoms with Crippen molar-refractivity contribution in [1.82, 2.24) is 10.4 Å². The Morgan fingerprint density at radius 2 is 1.86 bits per heavy atom. The molecule has 1 fully saturated rings. The van der Waals surface area contributed by atoms with Crippen molar-refractivity contribution in [2.75, 3.05) is 38.5 Å². The smallest absolute Gasteiger partial charge is 0.335 e. The molecule has 0 spiro atoms. The summed E-state index contributed by atoms with van der Waals surface area (Å²) in [5.41, 5.74) is 1.46. The third-order valence-electron chi connectivity index (χ3n) is 3.36. The summed E-state index contributed by atoms with van der Waals surface area (Å²) in [6.45, 7) is 3.08. The van der Waals surface area contributed by atoms with Crippen LogP contribution in [0.1, 0.15) is 5.56 Å². The lowest BCUT2D eigenvalue weighted by atomic mass is 10.1. The van der Waals surface area contributed by atoms with Crippen molar-refractivity contribution in [2.24, 2.45) is 0 Å². The topological polar surface area (TPSA) is 48.8 Å². The van der Waals surface area contributed by atoms with Gasteiger partial charge in [0.05, 0.1) is 44.5 Å². The lowest BCUT2D eigenvalue weighted by molar-refractivity contribution is -0.884. The molecule has 0 aromatic heterocycles. The maximum Gasteiger partial charge on any atom is 0.418 e. The van der Waals surface area contributed by atoms with Gasteiger partial charge in [0.1, 0.15) is 0 Å². The first-order valence-corrected chi connectivity index (χ1v) is 6.66. The van der Waals surface area contributed by atoms with Gasteiger partial charge >= 0.3 is 12.2 Å². The van der Waals surface area contributed by atoms with E-state index in [-0.39, 0.29) is 5.69 Å². The zero-order valence-corrected chi connectivity index (χ0v) is 11.6. The second kappa shape index (κ2) is 6.31. The number of carbonyl (C=O) groups excluding carboxylic acids is 1. The highest BCUT2D eigenvalue weighted by Gasteiger charge is 2.33. The van der Waals surface area contributed by atoms with Crippen molar-refractivity contribution < 1.29 is 22.9 Å². The number of quaternary nitrogens is 1. The third-order valence-corrected chi connectivity index (χ3v) is 3.36. The quantitative estimate of drug-likeness (QED) is 0.748. The van der Waals surface area contributed by atoms with Crippen molar-refractivity contribution >= 4 is 11.7 Å². The largest absolute Gasteiger partial charge is 0.418 e. The van der Waals surface area contributed by atoms with Gasteiger partial charge in [0, 0.05) is 0 Å². The van der Waals surface area contributed by atoms with Crippen LogP contribution >= 0.6 is 0 Å². The van der Waals surface area contributed by atoms with Crippen molar-refractivity contribution in [3.05, 3.63) is 29.8 Å². The fourth-order valence-electron chi connectivity index (χ4n) is 2.13. The number of piperazine rings is 1. The molecule has 1 aromatic rings. The summed E-state index contributed by atoms with van der Waals surface area (Å²) >= 11 is 0. The van der Waals surface area contributed by atoms with Gasteiger partial charge in [-0.05, 0) is 12.1 Å². The Bertz CT molecular complexity index is 498. The van der Waals surface area contributed by atoms with E-state index in [1.54, 1.807) is 5.01 Å². The molecule has 2 rings (SSSR count). The van der Waals surface area contributed by atoms with E-state index in [1.807, 2.05) is 0 Å². The molecule has 1 aliphatic rings. The molecule has 21 heavy (non-hydrogen) atoms. The predicted octanol–water partition coefficient (Wildman–Crippen LogP) is 0.572. The molecule has 1 saturated heterocycles. The minimum absolute atomic E-state index is 0.248. The third kappa shape index (κ3) is 4.33. The van der Waals surface area contributed by atoms with Gasteiger partial charge < -0.3 is 10.2 Å². The summed E-state index contributed by atoms with van der Waals surface area (Å²) in [7, 11) is 2.05. The number of benzene rings is 1. The van der Waals surface area contributed by atoms with Crippen molar-refractivity contribution in [3.8, 4) is 0 Å². The molecule has 2 amide bonds. The van der Waals surface area contributed by atoms with Crippen LogP contribution in [0.4, 0.5) is 23.7 Å². The maximum absolute atomic E-state index is 12.8. The molecule has 8 heteroatoms. The Hall–Kier alpha value is -1.80. The molecule has 3 N–H and O–H groups in total. The predicted molar refractivity (Wildman–Crippen MR) is 71.8 cm³/mol. The molecule has 116 valence electrons. The van der Waals surface area contributed by atoms with Crippen molar-refractivity contribution in [1.29, 1.82) is 0 Å². The van der Waals surface area contributed by atoms with Crippen LogP contribution in [0.2, 0.25) is 0 Å². The molecule has 1 heterocycles. The Morgan fingerprint density at radius 3 is 2.48 bits per heavy atom. The summed E-state index contributed by atoms with van der Waals surface area (Å²) in [6.07, 6.45) is -4.50. The highest BCUT2D eigenvalue weighted by Crippen LogP contribution is 2.34. The molecule has 1 aromatic carbocycles. The standard InChI is InChI=1S/C13H17F3N4O/c1-19-6-8-20(9-7-19)18-12(21)17-11-5-3-2-4-10(11)13(14,15)16/h2-5H,6-9H2,1H3,(H2,17,18,21)/p+1. The van der Waals surface area contributed by atoms with Gasteiger partial charge in [-0.3, -0.25) is 5.43 Å². The van der Waals surface area contributed by atoms with E-state index in [9.17, 15) is 18.0 Å². The van der Waals surface area contributed by atoms with Crippen molar-refractivity contribution in [3.63, 3.8) is 0 Å². The summed E-state index contributed by atoms with van der Waals surface area (Å²) in [6, 6.07) is 4.25. The lowest BCUT2D eigenvalue weighted by Gasteiger charge is -2.30. The van der Waals surface area contributed by atoms with E-state index in [4.69, 9.17) is 0 Å². The molecule has 0 unspecified atom stereocenters. The number of alkyl halides is 3. The number of hydrazine groups is 1. The van der Waals surface area contributed by atoms with Crippen LogP contribution in [0.3, 0.4) is 0 Å². The van der Waals surface area contributed by atoms with Gasteiger partial charge in [-0.15, -0.1) is 0 Å². The van der Waals surface area contributed by atoms with Gasteiger partial charge in [0.25, 0.3) is 0 Å². The number of para-hydroxylation sites is 1. The molecule has 5 nitrogen and oxygen atoms in total. The number of hydrogen-bond donors (Lipinski definition) is 3. The van der Waals surface area contributed by atoms with Gasteiger partial charge in [0.2, 0.25) is 0 Å². The fourth-order valence-corrected chi connectivity index (χ4v) is 2.13. The SMILES string of the molecule is C[NH+]1CCN(NC(=O)Nc2ccccc2C(F)(F)F)CC1. The second-order valence-corrected chi connectivity index (χ2v) is 5.05. The van der Waals surface area contributed by atoms with Gasteiger partial charge in [0.15, 0.2) is 0 Å². The van der Waals surface area contributed by atoms with Gasteiger partial charge in [-0.25, -0.2) is 9.80 Å². The number of hydrogen-bond acceptors (Lipinski definition) is 2. The molecule has 0 radical (unpaired) electrons. The highest BCUT2D eigenvalue weighted by atomic mass is 19.4. The molecular formula is C13H18F3N4O+. The van der Waals surface area contributed by atoms with Gasteiger partial charge in [-0.2, -0.15) is 13.2 Å². The lowest BCUT2D eigenvalue weighted by Crippen LogP contribution is -3.12. The van der Waals surface area contributed by atoms with E-state index in [0.717, 1.165) is 19.2 Å². The van der Waals surface area contributed by atoms with E-state index in [2.05, 4.69) is 17.8 Å². The van der Waals surface area contributed by atoms with Crippen LogP contribution < -0.4 is 15.6 Å². The van der Waals surface area contributed by atoms with Crippen molar-refractivity contribution in [2.45, 2.75) is 6.18 Å². The first-order chi connectivity index (χ1) is 9.86. The zero-order chi connectivity index (χ0) is 15.5. The average Bonchev–Trinajstić information content (AvgIpc) is 2.41. The molecule has 0 aliphatic carbocycles. The number of anilines is 1. The summed E-state index contributed by atoms with van der Waals surface area (Å²) in [4.78, 5) is 13.2. The zero-order valence-electron chi connectivity index (χ0n) is 11.6. The number of carbonyl (C=O) groups is 1. The first-order valence-electron chi connectivity index (χ1n) is 6.66. The molecule has 1 aliphatic heterocycles. The van der Waals surface area contributed by atoms with E-state index < -0.39 is 17.8 Å². The van der Waals surface area contributed by atoms with Crippen LogP contribution in [0.25, 0.3) is 0 Å². The van der Waals surface area contributed by atoms with Crippen LogP contribution in [-0.2, 0) is 6.18 Å². The number of urea groups is 1. The Kier molecular flexibility index (Phi) is 4.69. The number of amides is 2. The summed E-state index contributed by atoms with van der Waals surface area (Å²) in [5.74, 6) is 0. The maximum atomic E-state index is 12.8. The Balaban J connectivity index is 1.97. The summed E-state index contributed by atoms with van der Waals surface area (Å²) < 4.78 is 38.4. The van der Waals surface area contributed by atoms with E-state index in [0.29, 0.717) is 13.1 Å². The van der Waals surface area contributed by atoms with E-state index >= 15 is 0 Å². The van der Waals surface area contributed by atoms with Crippen LogP contribution in [-0.4, -0.2) is 44.3 Å².